The van der Waals surface area contributed by atoms with Crippen LogP contribution in [0.5, 0.6) is 0 Å². The number of amides is 1. The summed E-state index contributed by atoms with van der Waals surface area (Å²) >= 11 is 1.48. The number of carboxylic acids is 1. The fraction of sp³-hybridized carbons (Fsp3) is 0.0800. The van der Waals surface area contributed by atoms with E-state index in [1.807, 2.05) is 60.7 Å². The average molecular weight is 444 g/mol. The third kappa shape index (κ3) is 5.25. The van der Waals surface area contributed by atoms with Crippen molar-refractivity contribution in [1.29, 1.82) is 0 Å². The van der Waals surface area contributed by atoms with E-state index in [4.69, 9.17) is 10.1 Å². The van der Waals surface area contributed by atoms with Gasteiger partial charge in [-0.2, -0.15) is 0 Å². The molecule has 4 rings (SSSR count). The number of benzene rings is 3. The molecule has 0 spiro atoms. The Morgan fingerprint density at radius 2 is 1.50 bits per heavy atom. The van der Waals surface area contributed by atoms with Crippen molar-refractivity contribution in [1.82, 2.24) is 9.97 Å². The third-order valence-corrected chi connectivity index (χ3v) is 5.65. The van der Waals surface area contributed by atoms with Gasteiger partial charge in [-0.3, -0.25) is 4.79 Å². The van der Waals surface area contributed by atoms with E-state index in [0.717, 1.165) is 27.7 Å². The highest BCUT2D eigenvalue weighted by atomic mass is 32.2. The Morgan fingerprint density at radius 3 is 2.12 bits per heavy atom. The van der Waals surface area contributed by atoms with Gasteiger partial charge in [0.15, 0.2) is 5.16 Å². The average Bonchev–Trinajstić information content (AvgIpc) is 3.25. The summed E-state index contributed by atoms with van der Waals surface area (Å²) < 4.78 is 0. The molecule has 6 nitrogen and oxygen atoms in total. The van der Waals surface area contributed by atoms with Crippen LogP contribution < -0.4 is 5.32 Å². The van der Waals surface area contributed by atoms with Crippen molar-refractivity contribution in [2.45, 2.75) is 11.6 Å². The summed E-state index contributed by atoms with van der Waals surface area (Å²) in [5, 5.41) is 12.5. The van der Waals surface area contributed by atoms with Crippen molar-refractivity contribution in [3.63, 3.8) is 0 Å². The van der Waals surface area contributed by atoms with Crippen LogP contribution in [0.4, 0.5) is 5.69 Å². The number of aromatic carboxylic acids is 1. The number of carbonyl (C=O) groups excluding carboxylic acids is 1. The van der Waals surface area contributed by atoms with Gasteiger partial charge < -0.3 is 15.4 Å². The molecule has 1 aromatic heterocycles. The van der Waals surface area contributed by atoms with Crippen LogP contribution in [0.1, 0.15) is 16.8 Å². The first-order valence-electron chi connectivity index (χ1n) is 10.1. The predicted molar refractivity (Wildman–Crippen MR) is 127 cm³/mol. The molecule has 1 heterocycles. The van der Waals surface area contributed by atoms with E-state index in [1.54, 1.807) is 12.1 Å². The fourth-order valence-corrected chi connectivity index (χ4v) is 4.01. The van der Waals surface area contributed by atoms with Gasteiger partial charge in [-0.15, -0.1) is 0 Å². The van der Waals surface area contributed by atoms with Gasteiger partial charge in [0, 0.05) is 29.0 Å². The number of hydrogen-bond acceptors (Lipinski definition) is 4. The van der Waals surface area contributed by atoms with E-state index < -0.39 is 5.97 Å². The molecule has 4 aromatic rings. The minimum absolute atomic E-state index is 0.140. The zero-order valence-corrected chi connectivity index (χ0v) is 17.9. The second kappa shape index (κ2) is 9.98. The summed E-state index contributed by atoms with van der Waals surface area (Å²) in [6, 6.07) is 26.1. The van der Waals surface area contributed by atoms with Crippen LogP contribution in [-0.2, 0) is 4.79 Å². The maximum absolute atomic E-state index is 12.3. The van der Waals surface area contributed by atoms with Crippen LogP contribution >= 0.6 is 11.8 Å². The summed E-state index contributed by atoms with van der Waals surface area (Å²) in [4.78, 5) is 31.4. The van der Waals surface area contributed by atoms with E-state index in [9.17, 15) is 9.59 Å². The molecule has 0 aliphatic heterocycles. The first-order valence-corrected chi connectivity index (χ1v) is 11.1. The SMILES string of the molecule is O=C(CCSc1nc(-c2ccccc2)c(-c2ccccc2)[nH]1)Nc1ccc(C(=O)O)cc1. The normalized spacial score (nSPS) is 10.6. The monoisotopic (exact) mass is 443 g/mol. The molecule has 0 saturated heterocycles. The van der Waals surface area contributed by atoms with Crippen LogP contribution in [0.15, 0.2) is 90.1 Å². The summed E-state index contributed by atoms with van der Waals surface area (Å²) in [6.07, 6.45) is 0.299. The van der Waals surface area contributed by atoms with Crippen LogP contribution in [-0.4, -0.2) is 32.7 Å². The molecule has 0 unspecified atom stereocenters. The molecule has 3 N–H and O–H groups in total. The highest BCUT2D eigenvalue weighted by Crippen LogP contribution is 2.32. The Labute approximate surface area is 189 Å². The van der Waals surface area contributed by atoms with Crippen LogP contribution in [0.25, 0.3) is 22.5 Å². The maximum Gasteiger partial charge on any atom is 0.335 e. The Morgan fingerprint density at radius 1 is 0.875 bits per heavy atom. The van der Waals surface area contributed by atoms with Gasteiger partial charge in [0.2, 0.25) is 5.91 Å². The quantitative estimate of drug-likeness (QED) is 0.310. The molecule has 160 valence electrons. The van der Waals surface area contributed by atoms with Crippen molar-refractivity contribution in [2.75, 3.05) is 11.1 Å². The van der Waals surface area contributed by atoms with Crippen LogP contribution in [0, 0.1) is 0 Å². The highest BCUT2D eigenvalue weighted by Gasteiger charge is 2.14. The van der Waals surface area contributed by atoms with Gasteiger partial charge in [-0.25, -0.2) is 9.78 Å². The molecule has 32 heavy (non-hydrogen) atoms. The van der Waals surface area contributed by atoms with Gasteiger partial charge in [0.25, 0.3) is 0 Å². The lowest BCUT2D eigenvalue weighted by Crippen LogP contribution is -2.12. The molecule has 0 atom stereocenters. The molecule has 0 bridgehead atoms. The predicted octanol–water partition coefficient (Wildman–Crippen LogP) is 5.56. The Kier molecular flexibility index (Phi) is 6.67. The molecule has 7 heteroatoms. The van der Waals surface area contributed by atoms with Crippen molar-refractivity contribution in [3.8, 4) is 22.5 Å². The molecular weight excluding hydrogens is 422 g/mol. The van der Waals surface area contributed by atoms with Crippen LogP contribution in [0.2, 0.25) is 0 Å². The Bertz CT molecular complexity index is 1150. The second-order valence-corrected chi connectivity index (χ2v) is 8.11. The molecule has 0 aliphatic rings. The van der Waals surface area contributed by atoms with E-state index in [0.29, 0.717) is 17.9 Å². The largest absolute Gasteiger partial charge is 0.478 e. The number of aromatic nitrogens is 2. The topological polar surface area (TPSA) is 95.1 Å². The number of imidazole rings is 1. The summed E-state index contributed by atoms with van der Waals surface area (Å²) in [6.45, 7) is 0. The summed E-state index contributed by atoms with van der Waals surface area (Å²) in [5.41, 5.74) is 4.65. The zero-order chi connectivity index (χ0) is 22.3. The van der Waals surface area contributed by atoms with Gasteiger partial charge in [0.1, 0.15) is 0 Å². The highest BCUT2D eigenvalue weighted by molar-refractivity contribution is 7.99. The lowest BCUT2D eigenvalue weighted by Gasteiger charge is -2.05. The minimum atomic E-state index is -0.998. The minimum Gasteiger partial charge on any atom is -0.478 e. The molecule has 0 saturated carbocycles. The number of aromatic amines is 1. The van der Waals surface area contributed by atoms with Crippen molar-refractivity contribution >= 4 is 29.3 Å². The third-order valence-electron chi connectivity index (χ3n) is 4.78. The van der Waals surface area contributed by atoms with E-state index in [1.165, 1.54) is 23.9 Å². The Balaban J connectivity index is 1.41. The van der Waals surface area contributed by atoms with Crippen LogP contribution in [0.3, 0.4) is 0 Å². The lowest BCUT2D eigenvalue weighted by atomic mass is 10.1. The van der Waals surface area contributed by atoms with E-state index in [-0.39, 0.29) is 11.5 Å². The number of nitrogens with zero attached hydrogens (tertiary/aromatic N) is 1. The number of thioether (sulfide) groups is 1. The molecular formula is C25H21N3O3S. The number of anilines is 1. The lowest BCUT2D eigenvalue weighted by molar-refractivity contribution is -0.115. The number of nitrogens with one attached hydrogen (secondary N) is 2. The number of carbonyl (C=O) groups is 2. The fourth-order valence-electron chi connectivity index (χ4n) is 3.20. The van der Waals surface area contributed by atoms with Crippen molar-refractivity contribution in [2.24, 2.45) is 0 Å². The Hall–Kier alpha value is -3.84. The number of rotatable bonds is 8. The zero-order valence-electron chi connectivity index (χ0n) is 17.1. The van der Waals surface area contributed by atoms with Crippen molar-refractivity contribution in [3.05, 3.63) is 90.5 Å². The molecule has 0 aliphatic carbocycles. The molecule has 3 aromatic carbocycles. The number of hydrogen-bond donors (Lipinski definition) is 3. The number of H-pyrrole nitrogens is 1. The first kappa shape index (κ1) is 21.4. The smallest absolute Gasteiger partial charge is 0.335 e. The molecule has 1 amide bonds. The summed E-state index contributed by atoms with van der Waals surface area (Å²) in [5.74, 6) is -0.587. The van der Waals surface area contributed by atoms with E-state index in [2.05, 4.69) is 10.3 Å². The second-order valence-electron chi connectivity index (χ2n) is 7.03. The first-order chi connectivity index (χ1) is 15.6. The molecule has 0 radical (unpaired) electrons. The standard InChI is InChI=1S/C25H21N3O3S/c29-21(26-20-13-11-19(12-14-20)24(30)31)15-16-32-25-27-22(17-7-3-1-4-8-17)23(28-25)18-9-5-2-6-10-18/h1-14H,15-16H2,(H,26,29)(H,27,28)(H,30,31). The maximum atomic E-state index is 12.3. The van der Waals surface area contributed by atoms with Gasteiger partial charge >= 0.3 is 5.97 Å². The van der Waals surface area contributed by atoms with Crippen molar-refractivity contribution < 1.29 is 14.7 Å². The van der Waals surface area contributed by atoms with Gasteiger partial charge in [-0.05, 0) is 24.3 Å². The van der Waals surface area contributed by atoms with Gasteiger partial charge in [-0.1, -0.05) is 72.4 Å². The molecule has 0 fully saturated rings. The number of carboxylic acid groups (broad SMARTS) is 1. The summed E-state index contributed by atoms with van der Waals surface area (Å²) in [7, 11) is 0. The van der Waals surface area contributed by atoms with E-state index >= 15 is 0 Å². The van der Waals surface area contributed by atoms with Gasteiger partial charge in [0.05, 0.1) is 17.0 Å².